The monoisotopic (exact) mass is 732 g/mol. The first-order valence-electron chi connectivity index (χ1n) is 16.9. The van der Waals surface area contributed by atoms with E-state index >= 15 is 0 Å². The Bertz CT molecular complexity index is 1520. The summed E-state index contributed by atoms with van der Waals surface area (Å²) in [6.45, 7) is 18.8. The summed E-state index contributed by atoms with van der Waals surface area (Å²) in [6, 6.07) is 10.3. The fourth-order valence-electron chi connectivity index (χ4n) is 5.73. The minimum Gasteiger partial charge on any atom is -0.513 e. The van der Waals surface area contributed by atoms with Crippen LogP contribution in [0.4, 0.5) is 22.0 Å². The number of hydrogen-bond acceptors (Lipinski definition) is 4. The molecule has 0 aliphatic heterocycles. The highest BCUT2D eigenvalue weighted by Crippen LogP contribution is 2.41. The normalized spacial score (nSPS) is 18.2. The molecule has 3 nitrogen and oxygen atoms in total. The summed E-state index contributed by atoms with van der Waals surface area (Å²) < 4.78 is 68.5. The van der Waals surface area contributed by atoms with Crippen LogP contribution in [0.5, 0.6) is 0 Å². The van der Waals surface area contributed by atoms with Crippen LogP contribution in [-0.2, 0) is 18.4 Å². The van der Waals surface area contributed by atoms with Crippen LogP contribution < -0.4 is 5.32 Å². The van der Waals surface area contributed by atoms with Crippen LogP contribution in [-0.4, -0.2) is 22.6 Å². The first kappa shape index (κ1) is 41.1. The molecular formula is C40H50F5N2OPS. The van der Waals surface area contributed by atoms with E-state index in [9.17, 15) is 27.1 Å². The summed E-state index contributed by atoms with van der Waals surface area (Å²) in [7, 11) is 1.29. The van der Waals surface area contributed by atoms with Crippen LogP contribution in [0.25, 0.3) is 11.3 Å². The maximum absolute atomic E-state index is 14.0. The van der Waals surface area contributed by atoms with Crippen molar-refractivity contribution >= 4 is 32.3 Å². The Balaban J connectivity index is 0.000000857. The van der Waals surface area contributed by atoms with E-state index in [1.807, 2.05) is 36.4 Å². The number of benzene rings is 2. The van der Waals surface area contributed by atoms with Crippen molar-refractivity contribution in [3.63, 3.8) is 0 Å². The van der Waals surface area contributed by atoms with E-state index in [1.54, 1.807) is 12.3 Å². The second-order valence-electron chi connectivity index (χ2n) is 13.1. The van der Waals surface area contributed by atoms with E-state index in [-0.39, 0.29) is 23.3 Å². The molecule has 3 unspecified atom stereocenters. The second-order valence-corrected chi connectivity index (χ2v) is 14.8. The van der Waals surface area contributed by atoms with Gasteiger partial charge in [-0.3, -0.25) is 0 Å². The van der Waals surface area contributed by atoms with E-state index in [0.717, 1.165) is 34.9 Å². The molecule has 0 aromatic heterocycles. The van der Waals surface area contributed by atoms with Crippen LogP contribution in [0, 0.1) is 11.8 Å². The number of alkyl halides is 5. The fraction of sp³-hybridized carbons (Fsp3) is 0.400. The Labute approximate surface area is 301 Å². The molecule has 2 aliphatic rings. The van der Waals surface area contributed by atoms with Crippen molar-refractivity contribution in [3.05, 3.63) is 131 Å². The Kier molecular flexibility index (Phi) is 15.5. The molecule has 4 rings (SSSR count). The fourth-order valence-corrected chi connectivity index (χ4v) is 6.67. The molecule has 10 heteroatoms. The van der Waals surface area contributed by atoms with Crippen molar-refractivity contribution in [2.45, 2.75) is 83.7 Å². The van der Waals surface area contributed by atoms with Crippen molar-refractivity contribution in [3.8, 4) is 0 Å². The topological polar surface area (TPSA) is 35.5 Å². The standard InChI is InChI=1S/C33H36F5N2OPS.C7H14/c1-21-8-6-7-9-31(21)40(19-26-10-12-27(13-11-26)24(4)39-15-14-23(3)41)25(5)43-20-22(2)28-16-29(32(34,35)36)18-30(17-28)33(37,38)42;1-7-5-3-2-4-6-7/h6-13,16-18,20-21,31,39,41H,3-5,14-15,19,42H2,1-2H3;7H,2-6H2,1H3/b22-20+;. The summed E-state index contributed by atoms with van der Waals surface area (Å²) in [6.07, 6.45) is 11.2. The average Bonchev–Trinajstić information content (AvgIpc) is 3.06. The predicted molar refractivity (Wildman–Crippen MR) is 204 cm³/mol. The van der Waals surface area contributed by atoms with E-state index < -0.39 is 23.0 Å². The van der Waals surface area contributed by atoms with E-state index in [4.69, 9.17) is 0 Å². The summed E-state index contributed by atoms with van der Waals surface area (Å²) >= 11 is 1.23. The Hall–Kier alpha value is -3.29. The third-order valence-corrected chi connectivity index (χ3v) is 10.1. The highest BCUT2D eigenvalue weighted by Gasteiger charge is 2.34. The number of hydrogen-bond donors (Lipinski definition) is 2. The first-order valence-corrected chi connectivity index (χ1v) is 18.3. The van der Waals surface area contributed by atoms with Crippen LogP contribution in [0.15, 0.2) is 103 Å². The number of aliphatic hydroxyl groups is 1. The van der Waals surface area contributed by atoms with E-state index in [1.165, 1.54) is 53.1 Å². The van der Waals surface area contributed by atoms with E-state index in [0.29, 0.717) is 36.2 Å². The smallest absolute Gasteiger partial charge is 0.416 e. The molecule has 2 aliphatic carbocycles. The molecule has 1 fully saturated rings. The molecule has 1 saturated carbocycles. The van der Waals surface area contributed by atoms with Gasteiger partial charge < -0.3 is 15.3 Å². The first-order chi connectivity index (χ1) is 23.5. The molecule has 2 aromatic rings. The van der Waals surface area contributed by atoms with Gasteiger partial charge in [-0.15, -0.1) is 0 Å². The van der Waals surface area contributed by atoms with Crippen LogP contribution in [0.3, 0.4) is 0 Å². The van der Waals surface area contributed by atoms with Gasteiger partial charge in [-0.25, -0.2) is 0 Å². The lowest BCUT2D eigenvalue weighted by molar-refractivity contribution is -0.137. The maximum atomic E-state index is 14.0. The van der Waals surface area contributed by atoms with Gasteiger partial charge in [0.25, 0.3) is 5.66 Å². The minimum absolute atomic E-state index is 0.0300. The number of halogens is 5. The molecule has 2 aromatic carbocycles. The second kappa shape index (κ2) is 18.8. The summed E-state index contributed by atoms with van der Waals surface area (Å²) in [5.41, 5.74) is -2.29. The zero-order chi connectivity index (χ0) is 37.1. The largest absolute Gasteiger partial charge is 0.513 e. The van der Waals surface area contributed by atoms with Crippen molar-refractivity contribution in [2.24, 2.45) is 11.8 Å². The SMILES string of the molecule is C=C(O)CCNC(=C)c1ccc(CN(C(=C)S/C=C(\C)c2cc(C(F)(F)F)cc(C(F)(F)P)c2)C2C=CC=CC2C)cc1.CC1CCCCC1. The van der Waals surface area contributed by atoms with Gasteiger partial charge in [0.1, 0.15) is 0 Å². The molecule has 0 radical (unpaired) electrons. The number of nitrogens with one attached hydrogen (secondary N) is 1. The summed E-state index contributed by atoms with van der Waals surface area (Å²) in [5, 5.41) is 14.7. The Morgan fingerprint density at radius 2 is 1.56 bits per heavy atom. The van der Waals surface area contributed by atoms with Gasteiger partial charge in [0.15, 0.2) is 0 Å². The third-order valence-electron chi connectivity index (χ3n) is 8.83. The molecular weight excluding hydrogens is 682 g/mol. The minimum atomic E-state index is -4.77. The van der Waals surface area contributed by atoms with Gasteiger partial charge in [-0.1, -0.05) is 135 Å². The van der Waals surface area contributed by atoms with Gasteiger partial charge in [0.2, 0.25) is 0 Å². The number of thioether (sulfide) groups is 1. The molecule has 0 amide bonds. The van der Waals surface area contributed by atoms with Crippen molar-refractivity contribution in [2.75, 3.05) is 6.54 Å². The molecule has 0 heterocycles. The molecule has 0 bridgehead atoms. The Morgan fingerprint density at radius 1 is 0.940 bits per heavy atom. The molecule has 2 N–H and O–H groups in total. The number of rotatable bonds is 13. The number of aliphatic hydroxyl groups excluding tert-OH is 1. The lowest BCUT2D eigenvalue weighted by atomic mass is 9.91. The van der Waals surface area contributed by atoms with E-state index in [2.05, 4.69) is 56.0 Å². The molecule has 0 saturated heterocycles. The van der Waals surface area contributed by atoms with Gasteiger partial charge in [0.05, 0.1) is 22.4 Å². The molecule has 50 heavy (non-hydrogen) atoms. The average molecular weight is 733 g/mol. The Morgan fingerprint density at radius 3 is 2.10 bits per heavy atom. The van der Waals surface area contributed by atoms with Gasteiger partial charge in [0, 0.05) is 30.8 Å². The zero-order valence-corrected chi connectivity index (χ0v) is 31.2. The highest BCUT2D eigenvalue weighted by atomic mass is 32.2. The van der Waals surface area contributed by atoms with Crippen molar-refractivity contribution < 1.29 is 27.1 Å². The van der Waals surface area contributed by atoms with Gasteiger partial charge in [-0.2, -0.15) is 22.0 Å². The van der Waals surface area contributed by atoms with Gasteiger partial charge in [-0.05, 0) is 64.6 Å². The van der Waals surface area contributed by atoms with Crippen LogP contribution >= 0.6 is 21.0 Å². The van der Waals surface area contributed by atoms with Crippen molar-refractivity contribution in [1.82, 2.24) is 10.2 Å². The lowest BCUT2D eigenvalue weighted by Gasteiger charge is -2.36. The van der Waals surface area contributed by atoms with Crippen LogP contribution in [0.2, 0.25) is 0 Å². The predicted octanol–water partition coefficient (Wildman–Crippen LogP) is 12.4. The molecule has 3 atom stereocenters. The van der Waals surface area contributed by atoms with Crippen LogP contribution in [0.1, 0.15) is 87.1 Å². The molecule has 272 valence electrons. The third kappa shape index (κ3) is 13.1. The van der Waals surface area contributed by atoms with Gasteiger partial charge >= 0.3 is 6.18 Å². The number of allylic oxidation sites excluding steroid dienone is 3. The van der Waals surface area contributed by atoms with Crippen molar-refractivity contribution in [1.29, 1.82) is 0 Å². The summed E-state index contributed by atoms with van der Waals surface area (Å²) in [5.74, 6) is 1.29. The quantitative estimate of drug-likeness (QED) is 0.122. The lowest BCUT2D eigenvalue weighted by Crippen LogP contribution is -2.36. The number of nitrogens with zero attached hydrogens (tertiary/aromatic N) is 1. The maximum Gasteiger partial charge on any atom is 0.416 e. The molecule has 0 spiro atoms. The zero-order valence-electron chi connectivity index (χ0n) is 29.2. The summed E-state index contributed by atoms with van der Waals surface area (Å²) in [4.78, 5) is 2.11. The highest BCUT2D eigenvalue weighted by molar-refractivity contribution is 8.05.